The Morgan fingerprint density at radius 1 is 0.909 bits per heavy atom. The Labute approximate surface area is 133 Å². The number of halogens is 8. The Balaban J connectivity index is 2.45. The Morgan fingerprint density at radius 3 is 1.95 bits per heavy atom. The van der Waals surface area contributed by atoms with E-state index in [1.165, 1.54) is 0 Å². The summed E-state index contributed by atoms with van der Waals surface area (Å²) in [5.41, 5.74) is -1.50. The Kier molecular flexibility index (Phi) is 4.62. The second kappa shape index (κ2) is 6.00. The maximum atomic E-state index is 13.6. The number of rotatable bonds is 2. The molecule has 2 aromatic carbocycles. The number of hydrogen-bond acceptors (Lipinski definition) is 1. The van der Waals surface area contributed by atoms with E-state index in [0.29, 0.717) is 0 Å². The van der Waals surface area contributed by atoms with Gasteiger partial charge in [0.05, 0.1) is 15.1 Å². The van der Waals surface area contributed by atoms with Gasteiger partial charge in [0, 0.05) is 0 Å². The minimum Gasteiger partial charge on any atom is -0.450 e. The summed E-state index contributed by atoms with van der Waals surface area (Å²) in [6, 6.07) is 1.99. The second-order valence-electron chi connectivity index (χ2n) is 4.07. The molecule has 0 saturated heterocycles. The molecule has 0 bridgehead atoms. The molecule has 2 aromatic rings. The predicted octanol–water partition coefficient (Wildman–Crippen LogP) is 6.33. The van der Waals surface area contributed by atoms with Gasteiger partial charge in [-0.05, 0) is 40.2 Å². The van der Waals surface area contributed by atoms with E-state index in [4.69, 9.17) is 16.3 Å². The fourth-order valence-electron chi connectivity index (χ4n) is 1.51. The lowest BCUT2D eigenvalue weighted by Gasteiger charge is -2.13. The van der Waals surface area contributed by atoms with Gasteiger partial charge >= 0.3 is 6.18 Å². The highest BCUT2D eigenvalue weighted by Gasteiger charge is 2.33. The van der Waals surface area contributed by atoms with Crippen molar-refractivity contribution in [2.24, 2.45) is 0 Å². The van der Waals surface area contributed by atoms with E-state index in [1.807, 2.05) is 0 Å². The normalized spacial score (nSPS) is 11.6. The van der Waals surface area contributed by atoms with Gasteiger partial charge in [-0.15, -0.1) is 0 Å². The minimum absolute atomic E-state index is 0.0882. The van der Waals surface area contributed by atoms with Crippen molar-refractivity contribution in [3.05, 3.63) is 56.8 Å². The van der Waals surface area contributed by atoms with Crippen LogP contribution in [0.15, 0.2) is 28.7 Å². The first-order chi connectivity index (χ1) is 10.1. The van der Waals surface area contributed by atoms with Crippen molar-refractivity contribution in [3.63, 3.8) is 0 Å². The monoisotopic (exact) mass is 404 g/mol. The number of ether oxygens (including phenoxy) is 1. The molecule has 0 unspecified atom stereocenters. The van der Waals surface area contributed by atoms with E-state index in [-0.39, 0.29) is 27.4 Å². The van der Waals surface area contributed by atoms with Crippen LogP contribution >= 0.6 is 27.5 Å². The van der Waals surface area contributed by atoms with E-state index < -0.39 is 34.9 Å². The highest BCUT2D eigenvalue weighted by molar-refractivity contribution is 9.10. The summed E-state index contributed by atoms with van der Waals surface area (Å²) in [5.74, 6) is -5.28. The molecule has 0 aromatic heterocycles. The summed E-state index contributed by atoms with van der Waals surface area (Å²) >= 11 is 8.47. The van der Waals surface area contributed by atoms with Crippen molar-refractivity contribution in [1.29, 1.82) is 0 Å². The summed E-state index contributed by atoms with van der Waals surface area (Å²) in [4.78, 5) is 0. The van der Waals surface area contributed by atoms with Crippen LogP contribution in [0.5, 0.6) is 11.5 Å². The summed E-state index contributed by atoms with van der Waals surface area (Å²) < 4.78 is 82.5. The third-order valence-electron chi connectivity index (χ3n) is 2.51. The first-order valence-electron chi connectivity index (χ1n) is 5.48. The predicted molar refractivity (Wildman–Crippen MR) is 70.5 cm³/mol. The molecule has 0 fully saturated rings. The van der Waals surface area contributed by atoms with Gasteiger partial charge in [-0.2, -0.15) is 13.2 Å². The third-order valence-corrected chi connectivity index (χ3v) is 3.42. The molecule has 0 heterocycles. The van der Waals surface area contributed by atoms with Gasteiger partial charge in [0.2, 0.25) is 0 Å². The van der Waals surface area contributed by atoms with Gasteiger partial charge in [-0.3, -0.25) is 0 Å². The Bertz CT molecular complexity index is 708. The maximum absolute atomic E-state index is 13.6. The highest BCUT2D eigenvalue weighted by atomic mass is 79.9. The zero-order valence-electron chi connectivity index (χ0n) is 10.2. The minimum atomic E-state index is -4.91. The Hall–Kier alpha value is -1.41. The average Bonchev–Trinajstić information content (AvgIpc) is 2.38. The molecule has 0 saturated carbocycles. The molecule has 118 valence electrons. The van der Waals surface area contributed by atoms with Gasteiger partial charge in [0.1, 0.15) is 11.6 Å². The van der Waals surface area contributed by atoms with Crippen molar-refractivity contribution in [1.82, 2.24) is 0 Å². The van der Waals surface area contributed by atoms with Crippen LogP contribution in [0.3, 0.4) is 0 Å². The Morgan fingerprint density at radius 2 is 1.45 bits per heavy atom. The first-order valence-corrected chi connectivity index (χ1v) is 6.65. The molecular weight excluding hydrogens is 401 g/mol. The van der Waals surface area contributed by atoms with E-state index in [0.717, 1.165) is 12.1 Å². The van der Waals surface area contributed by atoms with Crippen LogP contribution in [0.1, 0.15) is 5.56 Å². The molecule has 0 amide bonds. The summed E-state index contributed by atoms with van der Waals surface area (Å²) in [7, 11) is 0. The van der Waals surface area contributed by atoms with Gasteiger partial charge in [-0.1, -0.05) is 11.6 Å². The largest absolute Gasteiger partial charge is 0.450 e. The second-order valence-corrected chi connectivity index (χ2v) is 5.33. The van der Waals surface area contributed by atoms with E-state index in [1.54, 1.807) is 0 Å². The molecule has 0 spiro atoms. The molecule has 0 aliphatic rings. The number of alkyl halides is 3. The molecule has 0 radical (unpaired) electrons. The topological polar surface area (TPSA) is 9.23 Å². The fraction of sp³-hybridized carbons (Fsp3) is 0.0769. The van der Waals surface area contributed by atoms with E-state index in [9.17, 15) is 26.3 Å². The molecule has 0 atom stereocenters. The van der Waals surface area contributed by atoms with Crippen LogP contribution in [-0.4, -0.2) is 0 Å². The van der Waals surface area contributed by atoms with Crippen molar-refractivity contribution in [3.8, 4) is 11.5 Å². The SMILES string of the molecule is Fc1cc(Cl)c(Oc2c(F)cc(C(F)(F)F)cc2F)cc1Br. The fourth-order valence-corrected chi connectivity index (χ4v) is 2.02. The van der Waals surface area contributed by atoms with E-state index >= 15 is 0 Å². The maximum Gasteiger partial charge on any atom is 0.416 e. The standard InChI is InChI=1S/C13H4BrClF6O/c14-6-3-11(7(15)4-8(6)16)22-12-9(17)1-5(2-10(12)18)13(19,20)21/h1-4H. The molecule has 0 aliphatic heterocycles. The molecule has 22 heavy (non-hydrogen) atoms. The summed E-state index contributed by atoms with van der Waals surface area (Å²) in [6.45, 7) is 0. The molecule has 2 rings (SSSR count). The quantitative estimate of drug-likeness (QED) is 0.419. The molecule has 9 heteroatoms. The van der Waals surface area contributed by atoms with Crippen molar-refractivity contribution >= 4 is 27.5 Å². The number of benzene rings is 2. The van der Waals surface area contributed by atoms with Crippen LogP contribution in [0.2, 0.25) is 5.02 Å². The van der Waals surface area contributed by atoms with Crippen LogP contribution < -0.4 is 4.74 Å². The van der Waals surface area contributed by atoms with Crippen LogP contribution in [0.4, 0.5) is 26.3 Å². The molecule has 0 N–H and O–H groups in total. The zero-order chi connectivity index (χ0) is 16.7. The van der Waals surface area contributed by atoms with Crippen molar-refractivity contribution < 1.29 is 31.1 Å². The lowest BCUT2D eigenvalue weighted by Crippen LogP contribution is -2.07. The summed E-state index contributed by atoms with van der Waals surface area (Å²) in [6.07, 6.45) is -4.91. The van der Waals surface area contributed by atoms with Gasteiger partial charge < -0.3 is 4.74 Å². The van der Waals surface area contributed by atoms with E-state index in [2.05, 4.69) is 15.9 Å². The number of hydrogen-bond donors (Lipinski definition) is 0. The van der Waals surface area contributed by atoms with Gasteiger partial charge in [-0.25, -0.2) is 13.2 Å². The van der Waals surface area contributed by atoms with Crippen LogP contribution in [-0.2, 0) is 6.18 Å². The van der Waals surface area contributed by atoms with Crippen molar-refractivity contribution in [2.45, 2.75) is 6.18 Å². The summed E-state index contributed by atoms with van der Waals surface area (Å²) in [5, 5.41) is -0.306. The zero-order valence-corrected chi connectivity index (χ0v) is 12.6. The lowest BCUT2D eigenvalue weighted by molar-refractivity contribution is -0.138. The smallest absolute Gasteiger partial charge is 0.416 e. The van der Waals surface area contributed by atoms with Crippen molar-refractivity contribution in [2.75, 3.05) is 0 Å². The highest BCUT2D eigenvalue weighted by Crippen LogP contribution is 2.38. The lowest BCUT2D eigenvalue weighted by atomic mass is 10.2. The van der Waals surface area contributed by atoms with Gasteiger partial charge in [0.15, 0.2) is 17.4 Å². The van der Waals surface area contributed by atoms with Crippen LogP contribution in [0.25, 0.3) is 0 Å². The molecular formula is C13H4BrClF6O. The molecule has 1 nitrogen and oxygen atoms in total. The first kappa shape index (κ1) is 17.0. The van der Waals surface area contributed by atoms with Gasteiger partial charge in [0.25, 0.3) is 0 Å². The van der Waals surface area contributed by atoms with Crippen LogP contribution in [0, 0.1) is 17.5 Å². The third kappa shape index (κ3) is 3.49. The molecule has 0 aliphatic carbocycles. The average molecular weight is 406 g/mol.